The van der Waals surface area contributed by atoms with Crippen LogP contribution in [0.5, 0.6) is 0 Å². The summed E-state index contributed by atoms with van der Waals surface area (Å²) in [6.45, 7) is 0. The minimum absolute atomic E-state index is 0.0233. The molecule has 0 N–H and O–H groups in total. The molecule has 94 valence electrons. The van der Waals surface area contributed by atoms with E-state index in [0.717, 1.165) is 0 Å². The number of Topliss-reactive ketones (excluding diaryl/α,β-unsaturated/α-hetero) is 1. The van der Waals surface area contributed by atoms with Gasteiger partial charge in [0.15, 0.2) is 5.78 Å². The van der Waals surface area contributed by atoms with Gasteiger partial charge in [-0.1, -0.05) is 15.9 Å². The summed E-state index contributed by atoms with van der Waals surface area (Å²) < 4.78 is 37.0. The van der Waals surface area contributed by atoms with E-state index in [0.29, 0.717) is 4.47 Å². The molecule has 17 heavy (non-hydrogen) atoms. The average Bonchev–Trinajstić information content (AvgIpc) is 2.14. The molecule has 0 unspecified atom stereocenters. The second-order valence-electron chi connectivity index (χ2n) is 3.09. The molecular formula is C10H7BrClF3OS. The SMILES string of the molecule is O=C(CCCl)c1cc(Br)cc(SC(F)(F)F)c1. The number of halogens is 5. The normalized spacial score (nSPS) is 11.6. The van der Waals surface area contributed by atoms with Crippen LogP contribution in [0.3, 0.4) is 0 Å². The molecule has 0 aromatic heterocycles. The maximum atomic E-state index is 12.2. The van der Waals surface area contributed by atoms with Crippen molar-refractivity contribution in [3.05, 3.63) is 28.2 Å². The number of benzene rings is 1. The summed E-state index contributed by atoms with van der Waals surface area (Å²) in [5.74, 6) is -0.127. The summed E-state index contributed by atoms with van der Waals surface area (Å²) >= 11 is 8.24. The highest BCUT2D eigenvalue weighted by atomic mass is 79.9. The van der Waals surface area contributed by atoms with E-state index in [1.807, 2.05) is 0 Å². The highest BCUT2D eigenvalue weighted by Gasteiger charge is 2.29. The third-order valence-corrected chi connectivity index (χ3v) is 3.10. The molecular weight excluding hydrogens is 341 g/mol. The second-order valence-corrected chi connectivity index (χ2v) is 5.52. The van der Waals surface area contributed by atoms with Crippen LogP contribution in [0.25, 0.3) is 0 Å². The van der Waals surface area contributed by atoms with Crippen LogP contribution in [-0.4, -0.2) is 17.2 Å². The fraction of sp³-hybridized carbons (Fsp3) is 0.300. The number of ketones is 1. The van der Waals surface area contributed by atoms with Gasteiger partial charge in [0.25, 0.3) is 0 Å². The average molecular weight is 348 g/mol. The Morgan fingerprint density at radius 1 is 1.35 bits per heavy atom. The molecule has 7 heteroatoms. The second kappa shape index (κ2) is 6.11. The summed E-state index contributed by atoms with van der Waals surface area (Å²) in [7, 11) is 0. The Kier molecular flexibility index (Phi) is 5.34. The van der Waals surface area contributed by atoms with E-state index in [-0.39, 0.29) is 40.3 Å². The Morgan fingerprint density at radius 2 is 2.00 bits per heavy atom. The number of hydrogen-bond donors (Lipinski definition) is 0. The minimum atomic E-state index is -4.37. The highest BCUT2D eigenvalue weighted by Crippen LogP contribution is 2.38. The first-order valence-electron chi connectivity index (χ1n) is 4.47. The molecule has 0 saturated carbocycles. The Hall–Kier alpha value is -0.200. The van der Waals surface area contributed by atoms with Crippen LogP contribution in [0, 0.1) is 0 Å². The summed E-state index contributed by atoms with van der Waals surface area (Å²) in [6.07, 6.45) is 0.105. The van der Waals surface area contributed by atoms with Gasteiger partial charge in [0, 0.05) is 27.2 Å². The Balaban J connectivity index is 2.98. The van der Waals surface area contributed by atoms with Crippen LogP contribution >= 0.6 is 39.3 Å². The molecule has 0 aliphatic rings. The largest absolute Gasteiger partial charge is 0.446 e. The fourth-order valence-corrected chi connectivity index (χ4v) is 2.60. The molecule has 0 radical (unpaired) electrons. The zero-order chi connectivity index (χ0) is 13.1. The van der Waals surface area contributed by atoms with Gasteiger partial charge in [-0.25, -0.2) is 0 Å². The monoisotopic (exact) mass is 346 g/mol. The molecule has 0 aliphatic carbocycles. The van der Waals surface area contributed by atoms with Crippen LogP contribution in [0.4, 0.5) is 13.2 Å². The Morgan fingerprint density at radius 3 is 2.53 bits per heavy atom. The first kappa shape index (κ1) is 14.9. The zero-order valence-electron chi connectivity index (χ0n) is 8.35. The van der Waals surface area contributed by atoms with Crippen molar-refractivity contribution in [2.24, 2.45) is 0 Å². The molecule has 0 spiro atoms. The molecule has 0 atom stereocenters. The molecule has 1 nitrogen and oxygen atoms in total. The van der Waals surface area contributed by atoms with Crippen LogP contribution in [0.1, 0.15) is 16.8 Å². The van der Waals surface area contributed by atoms with E-state index in [2.05, 4.69) is 15.9 Å². The number of thioether (sulfide) groups is 1. The van der Waals surface area contributed by atoms with Crippen LogP contribution in [0.15, 0.2) is 27.6 Å². The lowest BCUT2D eigenvalue weighted by Crippen LogP contribution is -2.02. The number of hydrogen-bond acceptors (Lipinski definition) is 2. The third-order valence-electron chi connectivity index (χ3n) is 1.75. The van der Waals surface area contributed by atoms with Gasteiger partial charge in [0.1, 0.15) is 0 Å². The molecule has 0 saturated heterocycles. The van der Waals surface area contributed by atoms with Crippen molar-refractivity contribution in [1.82, 2.24) is 0 Å². The molecule has 0 fully saturated rings. The lowest BCUT2D eigenvalue weighted by atomic mass is 10.1. The van der Waals surface area contributed by atoms with Crippen molar-refractivity contribution < 1.29 is 18.0 Å². The number of carbonyl (C=O) groups is 1. The first-order chi connectivity index (χ1) is 7.81. The van der Waals surface area contributed by atoms with Gasteiger partial charge in [-0.05, 0) is 30.0 Å². The molecule has 1 rings (SSSR count). The topological polar surface area (TPSA) is 17.1 Å². The van der Waals surface area contributed by atoms with E-state index in [4.69, 9.17) is 11.6 Å². The number of rotatable bonds is 4. The Labute approximate surface area is 114 Å². The van der Waals surface area contributed by atoms with Crippen LogP contribution in [-0.2, 0) is 0 Å². The van der Waals surface area contributed by atoms with Crippen LogP contribution < -0.4 is 0 Å². The summed E-state index contributed by atoms with van der Waals surface area (Å²) in [5, 5.41) is 0. The molecule has 1 aromatic rings. The maximum absolute atomic E-state index is 12.2. The predicted molar refractivity (Wildman–Crippen MR) is 65.7 cm³/mol. The molecule has 0 bridgehead atoms. The highest BCUT2D eigenvalue weighted by molar-refractivity contribution is 9.10. The quantitative estimate of drug-likeness (QED) is 0.439. The van der Waals surface area contributed by atoms with Gasteiger partial charge in [-0.3, -0.25) is 4.79 Å². The van der Waals surface area contributed by atoms with E-state index in [1.165, 1.54) is 18.2 Å². The molecule has 1 aromatic carbocycles. The molecule has 0 amide bonds. The molecule has 0 heterocycles. The number of carbonyl (C=O) groups excluding carboxylic acids is 1. The summed E-state index contributed by atoms with van der Waals surface area (Å²) in [5.41, 5.74) is -4.14. The van der Waals surface area contributed by atoms with Gasteiger partial charge in [-0.2, -0.15) is 13.2 Å². The van der Waals surface area contributed by atoms with Crippen molar-refractivity contribution in [2.75, 3.05) is 5.88 Å². The molecule has 0 aliphatic heterocycles. The Bertz CT molecular complexity index is 423. The lowest BCUT2D eigenvalue weighted by molar-refractivity contribution is -0.0328. The van der Waals surface area contributed by atoms with Crippen molar-refractivity contribution in [3.63, 3.8) is 0 Å². The van der Waals surface area contributed by atoms with Crippen LogP contribution in [0.2, 0.25) is 0 Å². The summed E-state index contributed by atoms with van der Waals surface area (Å²) in [6, 6.07) is 4.02. The van der Waals surface area contributed by atoms with E-state index >= 15 is 0 Å². The standard InChI is InChI=1S/C10H7BrClF3OS/c11-7-3-6(9(16)1-2-12)4-8(5-7)17-10(13,14)15/h3-5H,1-2H2. The van der Waals surface area contributed by atoms with E-state index in [9.17, 15) is 18.0 Å². The van der Waals surface area contributed by atoms with Gasteiger partial charge < -0.3 is 0 Å². The van der Waals surface area contributed by atoms with Crippen molar-refractivity contribution in [2.45, 2.75) is 16.8 Å². The first-order valence-corrected chi connectivity index (χ1v) is 6.62. The van der Waals surface area contributed by atoms with Gasteiger partial charge in [0.2, 0.25) is 0 Å². The van der Waals surface area contributed by atoms with Crippen molar-refractivity contribution >= 4 is 45.1 Å². The van der Waals surface area contributed by atoms with E-state index in [1.54, 1.807) is 0 Å². The lowest BCUT2D eigenvalue weighted by Gasteiger charge is -2.08. The van der Waals surface area contributed by atoms with Gasteiger partial charge in [0.05, 0.1) is 0 Å². The van der Waals surface area contributed by atoms with Gasteiger partial charge in [-0.15, -0.1) is 11.6 Å². The van der Waals surface area contributed by atoms with Crippen molar-refractivity contribution in [1.29, 1.82) is 0 Å². The smallest absolute Gasteiger partial charge is 0.294 e. The van der Waals surface area contributed by atoms with E-state index < -0.39 is 5.51 Å². The predicted octanol–water partition coefficient (Wildman–Crippen LogP) is 4.87. The maximum Gasteiger partial charge on any atom is 0.446 e. The summed E-state index contributed by atoms with van der Waals surface area (Å²) in [4.78, 5) is 11.5. The third kappa shape index (κ3) is 5.31. The van der Waals surface area contributed by atoms with Gasteiger partial charge >= 0.3 is 5.51 Å². The zero-order valence-corrected chi connectivity index (χ0v) is 11.5. The minimum Gasteiger partial charge on any atom is -0.294 e. The number of alkyl halides is 4. The fourth-order valence-electron chi connectivity index (χ4n) is 1.15. The van der Waals surface area contributed by atoms with Crippen molar-refractivity contribution in [3.8, 4) is 0 Å².